The van der Waals surface area contributed by atoms with Gasteiger partial charge < -0.3 is 5.32 Å². The lowest BCUT2D eigenvalue weighted by atomic mass is 10.1. The molecule has 19 heavy (non-hydrogen) atoms. The molecule has 0 aliphatic carbocycles. The van der Waals surface area contributed by atoms with Crippen molar-refractivity contribution in [3.8, 4) is 6.07 Å². The zero-order valence-electron chi connectivity index (χ0n) is 11.1. The van der Waals surface area contributed by atoms with E-state index >= 15 is 0 Å². The molecule has 0 radical (unpaired) electrons. The second-order valence-corrected chi connectivity index (χ2v) is 4.28. The summed E-state index contributed by atoms with van der Waals surface area (Å²) in [5, 5.41) is 16.0. The monoisotopic (exact) mass is 254 g/mol. The summed E-state index contributed by atoms with van der Waals surface area (Å²) in [6.07, 6.45) is 0. The van der Waals surface area contributed by atoms with Crippen molar-refractivity contribution < 1.29 is 4.79 Å². The predicted octanol–water partition coefficient (Wildman–Crippen LogP) is 2.16. The Morgan fingerprint density at radius 2 is 2.05 bits per heavy atom. The molecule has 1 aromatic heterocycles. The largest absolute Gasteiger partial charge is 0.321 e. The van der Waals surface area contributed by atoms with Crippen LogP contribution in [-0.4, -0.2) is 15.7 Å². The van der Waals surface area contributed by atoms with E-state index in [-0.39, 0.29) is 5.91 Å². The van der Waals surface area contributed by atoms with Crippen molar-refractivity contribution in [2.75, 3.05) is 5.32 Å². The number of amides is 1. The summed E-state index contributed by atoms with van der Waals surface area (Å²) in [5.41, 5.74) is 2.97. The van der Waals surface area contributed by atoms with Crippen molar-refractivity contribution in [3.05, 3.63) is 46.8 Å². The first-order chi connectivity index (χ1) is 9.04. The number of aryl methyl sites for hydroxylation is 2. The molecule has 0 fully saturated rings. The Bertz CT molecular complexity index is 679. The van der Waals surface area contributed by atoms with E-state index in [0.717, 1.165) is 5.69 Å². The highest BCUT2D eigenvalue weighted by atomic mass is 16.1. The molecule has 2 aromatic rings. The smallest absolute Gasteiger partial charge is 0.259 e. The van der Waals surface area contributed by atoms with Gasteiger partial charge in [-0.15, -0.1) is 0 Å². The number of aromatic nitrogens is 2. The number of nitrogens with zero attached hydrogens (tertiary/aromatic N) is 3. The van der Waals surface area contributed by atoms with Crippen LogP contribution in [0.3, 0.4) is 0 Å². The Morgan fingerprint density at radius 1 is 1.37 bits per heavy atom. The lowest BCUT2D eigenvalue weighted by Gasteiger charge is -2.07. The maximum absolute atomic E-state index is 12.3. The number of anilines is 1. The van der Waals surface area contributed by atoms with Crippen molar-refractivity contribution in [1.82, 2.24) is 9.78 Å². The van der Waals surface area contributed by atoms with Gasteiger partial charge in [0.2, 0.25) is 0 Å². The van der Waals surface area contributed by atoms with Gasteiger partial charge in [-0.3, -0.25) is 9.48 Å². The van der Waals surface area contributed by atoms with Gasteiger partial charge in [-0.05, 0) is 26.0 Å². The molecule has 1 amide bonds. The lowest BCUT2D eigenvalue weighted by Crippen LogP contribution is -2.14. The first-order valence-corrected chi connectivity index (χ1v) is 5.85. The zero-order chi connectivity index (χ0) is 14.0. The molecule has 1 N–H and O–H groups in total. The third kappa shape index (κ3) is 2.33. The fourth-order valence-corrected chi connectivity index (χ4v) is 1.98. The number of para-hydroxylation sites is 1. The molecule has 0 aliphatic heterocycles. The number of hydrogen-bond donors (Lipinski definition) is 1. The van der Waals surface area contributed by atoms with Crippen molar-refractivity contribution >= 4 is 11.6 Å². The van der Waals surface area contributed by atoms with Crippen LogP contribution < -0.4 is 5.32 Å². The van der Waals surface area contributed by atoms with Gasteiger partial charge in [0.25, 0.3) is 5.91 Å². The second-order valence-electron chi connectivity index (χ2n) is 4.28. The summed E-state index contributed by atoms with van der Waals surface area (Å²) < 4.78 is 1.67. The molecule has 96 valence electrons. The highest BCUT2D eigenvalue weighted by molar-refractivity contribution is 6.06. The van der Waals surface area contributed by atoms with Gasteiger partial charge in [0.15, 0.2) is 0 Å². The molecular weight excluding hydrogens is 240 g/mol. The van der Waals surface area contributed by atoms with Gasteiger partial charge in [0, 0.05) is 12.7 Å². The fourth-order valence-electron chi connectivity index (χ4n) is 1.98. The van der Waals surface area contributed by atoms with E-state index in [9.17, 15) is 4.79 Å². The van der Waals surface area contributed by atoms with Gasteiger partial charge in [0.05, 0.1) is 22.5 Å². The Labute approximate surface area is 111 Å². The van der Waals surface area contributed by atoms with Gasteiger partial charge in [-0.1, -0.05) is 12.1 Å². The third-order valence-electron chi connectivity index (χ3n) is 3.03. The predicted molar refractivity (Wildman–Crippen MR) is 71.8 cm³/mol. The summed E-state index contributed by atoms with van der Waals surface area (Å²) >= 11 is 0. The topological polar surface area (TPSA) is 70.7 Å². The number of carbonyl (C=O) groups excluding carboxylic acids is 1. The molecular formula is C14H14N4O. The second kappa shape index (κ2) is 4.94. The minimum absolute atomic E-state index is 0.245. The van der Waals surface area contributed by atoms with E-state index in [4.69, 9.17) is 5.26 Å². The molecule has 0 unspecified atom stereocenters. The van der Waals surface area contributed by atoms with Gasteiger partial charge in [-0.2, -0.15) is 10.4 Å². The maximum atomic E-state index is 12.3. The van der Waals surface area contributed by atoms with E-state index in [2.05, 4.69) is 16.5 Å². The van der Waals surface area contributed by atoms with Crippen LogP contribution in [0.2, 0.25) is 0 Å². The Morgan fingerprint density at radius 3 is 2.63 bits per heavy atom. The van der Waals surface area contributed by atoms with Crippen molar-refractivity contribution in [3.63, 3.8) is 0 Å². The number of benzene rings is 1. The zero-order valence-corrected chi connectivity index (χ0v) is 11.1. The van der Waals surface area contributed by atoms with Crippen LogP contribution in [0.5, 0.6) is 0 Å². The molecule has 0 bridgehead atoms. The molecule has 5 nitrogen and oxygen atoms in total. The number of carbonyl (C=O) groups is 1. The summed E-state index contributed by atoms with van der Waals surface area (Å²) in [7, 11) is 1.79. The molecule has 0 saturated carbocycles. The molecule has 0 aliphatic rings. The van der Waals surface area contributed by atoms with Crippen LogP contribution in [-0.2, 0) is 7.05 Å². The van der Waals surface area contributed by atoms with E-state index in [0.29, 0.717) is 22.5 Å². The van der Waals surface area contributed by atoms with Crippen LogP contribution in [0.1, 0.15) is 27.3 Å². The Kier molecular flexibility index (Phi) is 3.34. The van der Waals surface area contributed by atoms with E-state index in [1.165, 1.54) is 0 Å². The summed E-state index contributed by atoms with van der Waals surface area (Å²) in [6, 6.07) is 8.96. The average molecular weight is 254 g/mol. The Balaban J connectivity index is 2.34. The lowest BCUT2D eigenvalue weighted by molar-refractivity contribution is 0.102. The quantitative estimate of drug-likeness (QED) is 0.892. The van der Waals surface area contributed by atoms with Gasteiger partial charge in [-0.25, -0.2) is 0 Å². The van der Waals surface area contributed by atoms with Crippen LogP contribution in [0.15, 0.2) is 24.3 Å². The highest BCUT2D eigenvalue weighted by Crippen LogP contribution is 2.18. The fraction of sp³-hybridized carbons (Fsp3) is 0.214. The van der Waals surface area contributed by atoms with Crippen molar-refractivity contribution in [2.24, 2.45) is 7.05 Å². The summed E-state index contributed by atoms with van der Waals surface area (Å²) in [4.78, 5) is 12.3. The molecule has 0 saturated heterocycles. The van der Waals surface area contributed by atoms with E-state index < -0.39 is 0 Å². The Hall–Kier alpha value is -2.61. The first kappa shape index (κ1) is 12.8. The van der Waals surface area contributed by atoms with E-state index in [1.54, 1.807) is 42.9 Å². The molecule has 1 aromatic carbocycles. The summed E-state index contributed by atoms with van der Waals surface area (Å²) in [6.45, 7) is 3.63. The normalized spacial score (nSPS) is 10.0. The number of hydrogen-bond acceptors (Lipinski definition) is 3. The van der Waals surface area contributed by atoms with Crippen molar-refractivity contribution in [2.45, 2.75) is 13.8 Å². The van der Waals surface area contributed by atoms with Gasteiger partial charge >= 0.3 is 0 Å². The SMILES string of the molecule is Cc1nn(C)c(C)c1C(=O)Nc1ccccc1C#N. The van der Waals surface area contributed by atoms with Crippen LogP contribution in [0.4, 0.5) is 5.69 Å². The van der Waals surface area contributed by atoms with E-state index in [1.807, 2.05) is 6.92 Å². The summed E-state index contributed by atoms with van der Waals surface area (Å²) in [5.74, 6) is -0.245. The van der Waals surface area contributed by atoms with Crippen molar-refractivity contribution in [1.29, 1.82) is 5.26 Å². The molecule has 2 rings (SSSR count). The molecule has 0 atom stereocenters. The minimum atomic E-state index is -0.245. The van der Waals surface area contributed by atoms with Crippen LogP contribution in [0, 0.1) is 25.2 Å². The highest BCUT2D eigenvalue weighted by Gasteiger charge is 2.18. The van der Waals surface area contributed by atoms with Crippen LogP contribution >= 0.6 is 0 Å². The number of nitrogens with one attached hydrogen (secondary N) is 1. The third-order valence-corrected chi connectivity index (χ3v) is 3.03. The maximum Gasteiger partial charge on any atom is 0.259 e. The minimum Gasteiger partial charge on any atom is -0.321 e. The molecule has 1 heterocycles. The molecule has 5 heteroatoms. The van der Waals surface area contributed by atoms with Crippen LogP contribution in [0.25, 0.3) is 0 Å². The standard InChI is InChI=1S/C14H14N4O/c1-9-13(10(2)18(3)17-9)14(19)16-12-7-5-4-6-11(12)8-15/h4-7H,1-3H3,(H,16,19). The molecule has 0 spiro atoms. The average Bonchev–Trinajstić information content (AvgIpc) is 2.64. The van der Waals surface area contributed by atoms with Gasteiger partial charge in [0.1, 0.15) is 6.07 Å². The number of rotatable bonds is 2. The number of nitriles is 1. The first-order valence-electron chi connectivity index (χ1n) is 5.85.